The second-order valence-electron chi connectivity index (χ2n) is 6.67. The van der Waals surface area contributed by atoms with Crippen LogP contribution in [0, 0.1) is 0 Å². The van der Waals surface area contributed by atoms with E-state index in [0.29, 0.717) is 19.2 Å². The van der Waals surface area contributed by atoms with Crippen LogP contribution in [0.25, 0.3) is 0 Å². The molecule has 2 fully saturated rings. The van der Waals surface area contributed by atoms with Crippen molar-refractivity contribution in [1.82, 2.24) is 10.2 Å². The fourth-order valence-electron chi connectivity index (χ4n) is 3.31. The molecule has 0 aromatic carbocycles. The molecule has 2 atom stereocenters. The predicted molar refractivity (Wildman–Crippen MR) is 86.9 cm³/mol. The van der Waals surface area contributed by atoms with E-state index >= 15 is 0 Å². The van der Waals surface area contributed by atoms with Crippen molar-refractivity contribution in [2.24, 2.45) is 0 Å². The highest BCUT2D eigenvalue weighted by Crippen LogP contribution is 2.21. The molecule has 128 valence electrons. The molecule has 1 aliphatic heterocycles. The number of likely N-dealkylation sites (N-methyl/N-ethyl adjacent to an activating group) is 1. The first-order valence-corrected chi connectivity index (χ1v) is 8.88. The van der Waals surface area contributed by atoms with Gasteiger partial charge in [-0.3, -0.25) is 4.79 Å². The van der Waals surface area contributed by atoms with Crippen LogP contribution in [0.2, 0.25) is 0 Å². The first kappa shape index (κ1) is 17.7. The molecule has 0 radical (unpaired) electrons. The zero-order chi connectivity index (χ0) is 15.8. The third kappa shape index (κ3) is 5.86. The maximum absolute atomic E-state index is 12.0. The average Bonchev–Trinajstić information content (AvgIpc) is 3.06. The normalized spacial score (nSPS) is 24.6. The van der Waals surface area contributed by atoms with Crippen LogP contribution in [0.15, 0.2) is 0 Å². The van der Waals surface area contributed by atoms with Gasteiger partial charge in [0, 0.05) is 25.7 Å². The molecule has 1 amide bonds. The largest absolute Gasteiger partial charge is 0.376 e. The Morgan fingerprint density at radius 1 is 1.27 bits per heavy atom. The number of hydrogen-bond acceptors (Lipinski definition) is 4. The molecule has 0 aromatic heterocycles. The topological polar surface area (TPSA) is 50.8 Å². The van der Waals surface area contributed by atoms with Gasteiger partial charge in [-0.05, 0) is 39.7 Å². The fraction of sp³-hybridized carbons (Fsp3) is 0.941. The van der Waals surface area contributed by atoms with Crippen LogP contribution in [0.1, 0.15) is 51.9 Å². The molecule has 5 heteroatoms. The maximum atomic E-state index is 12.0. The van der Waals surface area contributed by atoms with Crippen LogP contribution in [0.5, 0.6) is 0 Å². The van der Waals surface area contributed by atoms with Gasteiger partial charge < -0.3 is 19.7 Å². The third-order valence-electron chi connectivity index (χ3n) is 4.89. The van der Waals surface area contributed by atoms with E-state index in [1.54, 1.807) is 0 Å². The van der Waals surface area contributed by atoms with Crippen LogP contribution in [0.3, 0.4) is 0 Å². The lowest BCUT2D eigenvalue weighted by molar-refractivity contribution is -0.133. The van der Waals surface area contributed by atoms with Gasteiger partial charge in [0.05, 0.1) is 12.7 Å². The Bertz CT molecular complexity index is 326. The monoisotopic (exact) mass is 312 g/mol. The SMILES string of the molecule is CC(OCC1CCCO1)C(=O)NCCN(C)C1CCCCC1. The molecule has 1 aliphatic carbocycles. The Morgan fingerprint density at radius 2 is 2.05 bits per heavy atom. The summed E-state index contributed by atoms with van der Waals surface area (Å²) >= 11 is 0. The molecule has 0 spiro atoms. The molecule has 1 heterocycles. The summed E-state index contributed by atoms with van der Waals surface area (Å²) in [6.07, 6.45) is 8.57. The van der Waals surface area contributed by atoms with Gasteiger partial charge in [0.25, 0.3) is 0 Å². The molecule has 5 nitrogen and oxygen atoms in total. The summed E-state index contributed by atoms with van der Waals surface area (Å²) in [5.41, 5.74) is 0. The number of nitrogens with zero attached hydrogens (tertiary/aromatic N) is 1. The molecule has 2 unspecified atom stereocenters. The van der Waals surface area contributed by atoms with E-state index in [1.807, 2.05) is 6.92 Å². The standard InChI is InChI=1S/C17H32N2O3/c1-14(22-13-16-9-6-12-21-16)17(20)18-10-11-19(2)15-7-4-3-5-8-15/h14-16H,3-13H2,1-2H3,(H,18,20). The van der Waals surface area contributed by atoms with E-state index < -0.39 is 6.10 Å². The van der Waals surface area contributed by atoms with Crippen molar-refractivity contribution in [1.29, 1.82) is 0 Å². The molecule has 1 saturated carbocycles. The molecular weight excluding hydrogens is 280 g/mol. The van der Waals surface area contributed by atoms with Crippen molar-refractivity contribution < 1.29 is 14.3 Å². The highest BCUT2D eigenvalue weighted by atomic mass is 16.5. The number of hydrogen-bond donors (Lipinski definition) is 1. The van der Waals surface area contributed by atoms with Crippen molar-refractivity contribution in [3.8, 4) is 0 Å². The Morgan fingerprint density at radius 3 is 2.73 bits per heavy atom. The van der Waals surface area contributed by atoms with E-state index in [9.17, 15) is 4.79 Å². The summed E-state index contributed by atoms with van der Waals surface area (Å²) in [5.74, 6) is -0.0185. The Kier molecular flexibility index (Phi) is 7.63. The van der Waals surface area contributed by atoms with Crippen LogP contribution in [0.4, 0.5) is 0 Å². The average molecular weight is 312 g/mol. The second-order valence-corrected chi connectivity index (χ2v) is 6.67. The number of amides is 1. The molecular formula is C17H32N2O3. The third-order valence-corrected chi connectivity index (χ3v) is 4.89. The lowest BCUT2D eigenvalue weighted by atomic mass is 9.94. The molecule has 1 N–H and O–H groups in total. The van der Waals surface area contributed by atoms with E-state index in [4.69, 9.17) is 9.47 Å². The van der Waals surface area contributed by atoms with Gasteiger partial charge >= 0.3 is 0 Å². The van der Waals surface area contributed by atoms with Gasteiger partial charge in [-0.2, -0.15) is 0 Å². The van der Waals surface area contributed by atoms with Gasteiger partial charge in [-0.15, -0.1) is 0 Å². The summed E-state index contributed by atoms with van der Waals surface area (Å²) < 4.78 is 11.1. The lowest BCUT2D eigenvalue weighted by Crippen LogP contribution is -2.42. The molecule has 1 saturated heterocycles. The summed E-state index contributed by atoms with van der Waals surface area (Å²) in [6, 6.07) is 0.693. The van der Waals surface area contributed by atoms with Crippen molar-refractivity contribution in [3.63, 3.8) is 0 Å². The van der Waals surface area contributed by atoms with Gasteiger partial charge in [-0.25, -0.2) is 0 Å². The van der Waals surface area contributed by atoms with Crippen LogP contribution >= 0.6 is 0 Å². The molecule has 2 rings (SSSR count). The number of carbonyl (C=O) groups excluding carboxylic acids is 1. The molecule has 0 aromatic rings. The number of rotatable bonds is 8. The minimum atomic E-state index is -0.399. The van der Waals surface area contributed by atoms with Crippen molar-refractivity contribution in [3.05, 3.63) is 0 Å². The quantitative estimate of drug-likeness (QED) is 0.744. The zero-order valence-electron chi connectivity index (χ0n) is 14.2. The number of nitrogens with one attached hydrogen (secondary N) is 1. The molecule has 22 heavy (non-hydrogen) atoms. The molecule has 0 bridgehead atoms. The van der Waals surface area contributed by atoms with E-state index in [2.05, 4.69) is 17.3 Å². The molecule has 2 aliphatic rings. The zero-order valence-corrected chi connectivity index (χ0v) is 14.2. The van der Waals surface area contributed by atoms with Crippen LogP contribution in [-0.2, 0) is 14.3 Å². The highest BCUT2D eigenvalue weighted by Gasteiger charge is 2.20. The summed E-state index contributed by atoms with van der Waals surface area (Å²) in [4.78, 5) is 14.4. The Labute approximate surface area is 134 Å². The summed E-state index contributed by atoms with van der Waals surface area (Å²) in [7, 11) is 2.17. The first-order chi connectivity index (χ1) is 10.7. The fourth-order valence-corrected chi connectivity index (χ4v) is 3.31. The number of carbonyl (C=O) groups is 1. The van der Waals surface area contributed by atoms with Gasteiger partial charge in [-0.1, -0.05) is 19.3 Å². The number of ether oxygens (including phenoxy) is 2. The van der Waals surface area contributed by atoms with Crippen molar-refractivity contribution in [2.45, 2.75) is 70.1 Å². The van der Waals surface area contributed by atoms with E-state index in [-0.39, 0.29) is 12.0 Å². The summed E-state index contributed by atoms with van der Waals surface area (Å²) in [6.45, 7) is 4.77. The minimum absolute atomic E-state index is 0.0185. The smallest absolute Gasteiger partial charge is 0.248 e. The highest BCUT2D eigenvalue weighted by molar-refractivity contribution is 5.80. The van der Waals surface area contributed by atoms with Gasteiger partial charge in [0.1, 0.15) is 6.10 Å². The van der Waals surface area contributed by atoms with Gasteiger partial charge in [0.2, 0.25) is 5.91 Å². The Hall–Kier alpha value is -0.650. The van der Waals surface area contributed by atoms with Crippen molar-refractivity contribution in [2.75, 3.05) is 33.4 Å². The van der Waals surface area contributed by atoms with E-state index in [0.717, 1.165) is 26.0 Å². The summed E-state index contributed by atoms with van der Waals surface area (Å²) in [5, 5.41) is 2.98. The van der Waals surface area contributed by atoms with Gasteiger partial charge in [0.15, 0.2) is 0 Å². The minimum Gasteiger partial charge on any atom is -0.376 e. The second kappa shape index (κ2) is 9.48. The van der Waals surface area contributed by atoms with E-state index in [1.165, 1.54) is 32.1 Å². The lowest BCUT2D eigenvalue weighted by Gasteiger charge is -2.31. The Balaban J connectivity index is 1.55. The van der Waals surface area contributed by atoms with Crippen molar-refractivity contribution >= 4 is 5.91 Å². The maximum Gasteiger partial charge on any atom is 0.248 e. The first-order valence-electron chi connectivity index (χ1n) is 8.88. The predicted octanol–water partition coefficient (Wildman–Crippen LogP) is 1.95. The van der Waals surface area contributed by atoms with Crippen LogP contribution in [-0.4, -0.2) is 62.4 Å². The van der Waals surface area contributed by atoms with Crippen LogP contribution < -0.4 is 5.32 Å².